The van der Waals surface area contributed by atoms with Crippen LogP contribution in [-0.4, -0.2) is 65.6 Å². The summed E-state index contributed by atoms with van der Waals surface area (Å²) >= 11 is 0. The molecule has 0 aromatic carbocycles. The van der Waals surface area contributed by atoms with E-state index in [1.54, 1.807) is 0 Å². The Morgan fingerprint density at radius 1 is 1.21 bits per heavy atom. The highest BCUT2D eigenvalue weighted by molar-refractivity contribution is 5.93. The van der Waals surface area contributed by atoms with Gasteiger partial charge in [-0.25, -0.2) is 4.98 Å². The summed E-state index contributed by atoms with van der Waals surface area (Å²) in [6.45, 7) is 5.99. The minimum Gasteiger partial charge on any atom is -0.438 e. The summed E-state index contributed by atoms with van der Waals surface area (Å²) in [6.07, 6.45) is -2.65. The molecule has 1 aromatic heterocycles. The lowest BCUT2D eigenvalue weighted by Gasteiger charge is -2.48. The van der Waals surface area contributed by atoms with E-state index >= 15 is 0 Å². The van der Waals surface area contributed by atoms with Gasteiger partial charge in [-0.15, -0.1) is 0 Å². The zero-order chi connectivity index (χ0) is 17.4. The Kier molecular flexibility index (Phi) is 4.56. The fourth-order valence-electron chi connectivity index (χ4n) is 3.36. The van der Waals surface area contributed by atoms with Gasteiger partial charge in [-0.2, -0.15) is 13.2 Å². The molecule has 0 unspecified atom stereocenters. The Balaban J connectivity index is 1.66. The summed E-state index contributed by atoms with van der Waals surface area (Å²) in [6, 6.07) is 0. The molecule has 2 aliphatic heterocycles. The number of ether oxygens (including phenoxy) is 1. The van der Waals surface area contributed by atoms with Crippen molar-refractivity contribution >= 4 is 5.91 Å². The van der Waals surface area contributed by atoms with E-state index < -0.39 is 23.5 Å². The molecule has 0 spiro atoms. The molecule has 3 heterocycles. The van der Waals surface area contributed by atoms with Crippen LogP contribution in [0.1, 0.15) is 36.0 Å². The van der Waals surface area contributed by atoms with Crippen molar-refractivity contribution in [3.8, 4) is 0 Å². The lowest BCUT2D eigenvalue weighted by Crippen LogP contribution is -2.57. The standard InChI is InChI=1S/C15H20F3N3O3/c1-14(21-6-8-23-9-7-21)2-4-20(5-3-14)13(22)11-12(15(16,17)18)24-10-19-11/h10H,2-9H2,1H3. The number of piperidine rings is 1. The molecular weight excluding hydrogens is 327 g/mol. The fraction of sp³-hybridized carbons (Fsp3) is 0.733. The molecule has 24 heavy (non-hydrogen) atoms. The number of morpholine rings is 1. The first kappa shape index (κ1) is 17.2. The minimum absolute atomic E-state index is 0.0583. The second kappa shape index (κ2) is 6.36. The SMILES string of the molecule is CC1(N2CCOCC2)CCN(C(=O)c2ncoc2C(F)(F)F)CC1. The van der Waals surface area contributed by atoms with E-state index in [9.17, 15) is 18.0 Å². The number of amides is 1. The van der Waals surface area contributed by atoms with Gasteiger partial charge in [0.15, 0.2) is 12.1 Å². The summed E-state index contributed by atoms with van der Waals surface area (Å²) in [4.78, 5) is 19.6. The van der Waals surface area contributed by atoms with Gasteiger partial charge in [-0.3, -0.25) is 9.69 Å². The van der Waals surface area contributed by atoms with Gasteiger partial charge in [0.05, 0.1) is 13.2 Å². The maximum Gasteiger partial charge on any atom is 0.452 e. The molecule has 0 bridgehead atoms. The van der Waals surface area contributed by atoms with Gasteiger partial charge in [0.2, 0.25) is 5.76 Å². The molecule has 9 heteroatoms. The van der Waals surface area contributed by atoms with Gasteiger partial charge >= 0.3 is 6.18 Å². The number of carbonyl (C=O) groups is 1. The van der Waals surface area contributed by atoms with Gasteiger partial charge in [-0.05, 0) is 19.8 Å². The van der Waals surface area contributed by atoms with Crippen molar-refractivity contribution in [3.05, 3.63) is 17.8 Å². The van der Waals surface area contributed by atoms with Crippen molar-refractivity contribution < 1.29 is 27.1 Å². The second-order valence-corrected chi connectivity index (χ2v) is 6.42. The number of oxazole rings is 1. The minimum atomic E-state index is -4.72. The molecule has 3 rings (SSSR count). The number of aromatic nitrogens is 1. The molecule has 1 amide bonds. The van der Waals surface area contributed by atoms with Crippen molar-refractivity contribution in [2.75, 3.05) is 39.4 Å². The van der Waals surface area contributed by atoms with Crippen molar-refractivity contribution in [2.24, 2.45) is 0 Å². The molecule has 134 valence electrons. The highest BCUT2D eigenvalue weighted by atomic mass is 19.4. The van der Waals surface area contributed by atoms with E-state index in [0.717, 1.165) is 13.1 Å². The van der Waals surface area contributed by atoms with E-state index in [0.29, 0.717) is 45.5 Å². The van der Waals surface area contributed by atoms with E-state index in [4.69, 9.17) is 4.74 Å². The number of nitrogens with zero attached hydrogens (tertiary/aromatic N) is 3. The largest absolute Gasteiger partial charge is 0.452 e. The first-order valence-corrected chi connectivity index (χ1v) is 7.94. The predicted octanol–water partition coefficient (Wildman–Crippen LogP) is 2.02. The zero-order valence-electron chi connectivity index (χ0n) is 13.4. The van der Waals surface area contributed by atoms with E-state index in [1.807, 2.05) is 0 Å². The maximum atomic E-state index is 12.9. The number of alkyl halides is 3. The molecule has 0 aliphatic carbocycles. The predicted molar refractivity (Wildman–Crippen MR) is 77.4 cm³/mol. The fourth-order valence-corrected chi connectivity index (χ4v) is 3.36. The zero-order valence-corrected chi connectivity index (χ0v) is 13.4. The Morgan fingerprint density at radius 2 is 1.83 bits per heavy atom. The highest BCUT2D eigenvalue weighted by Crippen LogP contribution is 2.34. The van der Waals surface area contributed by atoms with Crippen molar-refractivity contribution in [1.29, 1.82) is 0 Å². The van der Waals surface area contributed by atoms with Crippen molar-refractivity contribution in [1.82, 2.24) is 14.8 Å². The topological polar surface area (TPSA) is 58.8 Å². The lowest BCUT2D eigenvalue weighted by molar-refractivity contribution is -0.153. The van der Waals surface area contributed by atoms with Crippen LogP contribution in [0.3, 0.4) is 0 Å². The lowest BCUT2D eigenvalue weighted by atomic mass is 9.87. The molecule has 0 N–H and O–H groups in total. The van der Waals surface area contributed by atoms with Crippen LogP contribution in [0.4, 0.5) is 13.2 Å². The highest BCUT2D eigenvalue weighted by Gasteiger charge is 2.43. The average molecular weight is 347 g/mol. The first-order valence-electron chi connectivity index (χ1n) is 7.94. The molecule has 2 saturated heterocycles. The number of hydrogen-bond acceptors (Lipinski definition) is 5. The summed E-state index contributed by atoms with van der Waals surface area (Å²) in [5, 5.41) is 0. The summed E-state index contributed by atoms with van der Waals surface area (Å²) in [5.74, 6) is -2.05. The van der Waals surface area contributed by atoms with Crippen molar-refractivity contribution in [3.63, 3.8) is 0 Å². The van der Waals surface area contributed by atoms with Crippen LogP contribution >= 0.6 is 0 Å². The van der Waals surface area contributed by atoms with Gasteiger partial charge < -0.3 is 14.1 Å². The monoisotopic (exact) mass is 347 g/mol. The van der Waals surface area contributed by atoms with Gasteiger partial charge in [-0.1, -0.05) is 0 Å². The average Bonchev–Trinajstić information content (AvgIpc) is 3.06. The van der Waals surface area contributed by atoms with Crippen LogP contribution in [0.25, 0.3) is 0 Å². The molecule has 0 saturated carbocycles. The van der Waals surface area contributed by atoms with Gasteiger partial charge in [0.1, 0.15) is 0 Å². The number of hydrogen-bond donors (Lipinski definition) is 0. The summed E-state index contributed by atoms with van der Waals surface area (Å²) < 4.78 is 48.3. The van der Waals surface area contributed by atoms with Crippen LogP contribution in [0.5, 0.6) is 0 Å². The number of likely N-dealkylation sites (tertiary alicyclic amines) is 1. The van der Waals surface area contributed by atoms with Crippen LogP contribution in [0, 0.1) is 0 Å². The third-order valence-corrected chi connectivity index (χ3v) is 4.93. The summed E-state index contributed by atoms with van der Waals surface area (Å²) in [5.41, 5.74) is -0.713. The molecule has 0 atom stereocenters. The number of rotatable bonds is 2. The molecule has 2 aliphatic rings. The van der Waals surface area contributed by atoms with Crippen molar-refractivity contribution in [2.45, 2.75) is 31.5 Å². The molecule has 0 radical (unpaired) electrons. The Hall–Kier alpha value is -1.61. The van der Waals surface area contributed by atoms with E-state index in [2.05, 4.69) is 21.2 Å². The third-order valence-electron chi connectivity index (χ3n) is 4.93. The number of halogens is 3. The van der Waals surface area contributed by atoms with E-state index in [1.165, 1.54) is 4.90 Å². The van der Waals surface area contributed by atoms with Crippen LogP contribution in [0.15, 0.2) is 10.8 Å². The molecule has 1 aromatic rings. The number of carbonyl (C=O) groups excluding carboxylic acids is 1. The Morgan fingerprint density at radius 3 is 2.42 bits per heavy atom. The molecular formula is C15H20F3N3O3. The normalized spacial score (nSPS) is 22.6. The quantitative estimate of drug-likeness (QED) is 0.819. The Labute approximate surface area is 137 Å². The Bertz CT molecular complexity index is 588. The maximum absolute atomic E-state index is 12.9. The van der Waals surface area contributed by atoms with Gasteiger partial charge in [0, 0.05) is 31.7 Å². The molecule has 6 nitrogen and oxygen atoms in total. The van der Waals surface area contributed by atoms with Crippen LogP contribution < -0.4 is 0 Å². The second-order valence-electron chi connectivity index (χ2n) is 6.42. The van der Waals surface area contributed by atoms with Gasteiger partial charge in [0.25, 0.3) is 5.91 Å². The van der Waals surface area contributed by atoms with E-state index in [-0.39, 0.29) is 5.54 Å². The van der Waals surface area contributed by atoms with Crippen LogP contribution in [-0.2, 0) is 10.9 Å². The third kappa shape index (κ3) is 3.27. The van der Waals surface area contributed by atoms with Crippen LogP contribution in [0.2, 0.25) is 0 Å². The first-order chi connectivity index (χ1) is 11.3. The summed E-state index contributed by atoms with van der Waals surface area (Å²) in [7, 11) is 0. The smallest absolute Gasteiger partial charge is 0.438 e. The molecule has 2 fully saturated rings.